The van der Waals surface area contributed by atoms with Crippen LogP contribution in [0.1, 0.15) is 11.3 Å². The summed E-state index contributed by atoms with van der Waals surface area (Å²) in [6.45, 7) is 0.235. The van der Waals surface area contributed by atoms with Crippen LogP contribution in [0.4, 0.5) is 0 Å². The van der Waals surface area contributed by atoms with Crippen LogP contribution in [-0.4, -0.2) is 25.7 Å². The third-order valence-electron chi connectivity index (χ3n) is 3.53. The van der Waals surface area contributed by atoms with E-state index >= 15 is 0 Å². The predicted molar refractivity (Wildman–Crippen MR) is 88.6 cm³/mol. The molecule has 1 aromatic heterocycles. The molecule has 3 aromatic rings. The number of hydrogen-bond donors (Lipinski definition) is 2. The topological polar surface area (TPSA) is 84.1 Å². The molecule has 0 bridgehead atoms. The number of aromatic amines is 1. The van der Waals surface area contributed by atoms with Gasteiger partial charge >= 0.3 is 0 Å². The van der Waals surface area contributed by atoms with Crippen molar-refractivity contribution in [2.24, 2.45) is 0 Å². The molecule has 3 rings (SSSR count). The summed E-state index contributed by atoms with van der Waals surface area (Å²) in [6, 6.07) is 14.7. The van der Waals surface area contributed by atoms with Crippen molar-refractivity contribution in [1.29, 1.82) is 0 Å². The number of nitrogens with one attached hydrogen (secondary N) is 2. The van der Waals surface area contributed by atoms with Crippen LogP contribution in [0.5, 0.6) is 5.75 Å². The second-order valence-electron chi connectivity index (χ2n) is 5.15. The molecule has 0 saturated heterocycles. The molecule has 0 fully saturated rings. The van der Waals surface area contributed by atoms with Gasteiger partial charge < -0.3 is 4.74 Å². The fourth-order valence-electron chi connectivity index (χ4n) is 2.30. The Kier molecular flexibility index (Phi) is 4.31. The lowest BCUT2D eigenvalue weighted by atomic mass is 10.2. The number of para-hydroxylation sites is 1. The van der Waals surface area contributed by atoms with E-state index in [1.807, 2.05) is 36.4 Å². The Hall–Kier alpha value is -2.38. The zero-order valence-electron chi connectivity index (χ0n) is 12.6. The number of H-pyrrole nitrogens is 1. The molecule has 1 heterocycles. The van der Waals surface area contributed by atoms with E-state index in [9.17, 15) is 8.42 Å². The quantitative estimate of drug-likeness (QED) is 0.725. The Morgan fingerprint density at radius 1 is 1.13 bits per heavy atom. The second kappa shape index (κ2) is 6.39. The van der Waals surface area contributed by atoms with Gasteiger partial charge in [-0.15, -0.1) is 0 Å². The molecule has 6 nitrogen and oxygen atoms in total. The van der Waals surface area contributed by atoms with Crippen molar-refractivity contribution < 1.29 is 13.2 Å². The van der Waals surface area contributed by atoms with Gasteiger partial charge in [0.05, 0.1) is 18.3 Å². The highest BCUT2D eigenvalue weighted by atomic mass is 32.2. The summed E-state index contributed by atoms with van der Waals surface area (Å²) in [7, 11) is -1.87. The maximum Gasteiger partial charge on any atom is 0.217 e. The summed E-state index contributed by atoms with van der Waals surface area (Å²) >= 11 is 0. The lowest BCUT2D eigenvalue weighted by Gasteiger charge is -2.07. The Morgan fingerprint density at radius 2 is 1.87 bits per heavy atom. The second-order valence-corrected chi connectivity index (χ2v) is 6.95. The van der Waals surface area contributed by atoms with Crippen molar-refractivity contribution in [3.63, 3.8) is 0 Å². The Balaban J connectivity index is 1.69. The van der Waals surface area contributed by atoms with E-state index < -0.39 is 10.0 Å². The van der Waals surface area contributed by atoms with Gasteiger partial charge in [0.15, 0.2) is 0 Å². The summed E-state index contributed by atoms with van der Waals surface area (Å²) in [5, 5.41) is 7.73. The number of rotatable bonds is 6. The van der Waals surface area contributed by atoms with E-state index in [1.165, 1.54) is 0 Å². The van der Waals surface area contributed by atoms with Gasteiger partial charge in [0.25, 0.3) is 0 Å². The van der Waals surface area contributed by atoms with E-state index in [-0.39, 0.29) is 12.3 Å². The minimum atomic E-state index is -3.46. The molecule has 0 aliphatic carbocycles. The monoisotopic (exact) mass is 331 g/mol. The fourth-order valence-corrected chi connectivity index (χ4v) is 3.39. The average Bonchev–Trinajstić information content (AvgIpc) is 2.96. The van der Waals surface area contributed by atoms with Gasteiger partial charge in [-0.3, -0.25) is 5.10 Å². The van der Waals surface area contributed by atoms with E-state index in [0.717, 1.165) is 22.2 Å². The van der Waals surface area contributed by atoms with Crippen LogP contribution in [0.2, 0.25) is 0 Å². The first-order valence-electron chi connectivity index (χ1n) is 7.10. The highest BCUT2D eigenvalue weighted by molar-refractivity contribution is 7.88. The van der Waals surface area contributed by atoms with Crippen molar-refractivity contribution in [3.05, 3.63) is 59.8 Å². The van der Waals surface area contributed by atoms with Crippen molar-refractivity contribution in [2.75, 3.05) is 7.11 Å². The van der Waals surface area contributed by atoms with Crippen molar-refractivity contribution in [1.82, 2.24) is 14.9 Å². The number of ether oxygens (including phenoxy) is 1. The third kappa shape index (κ3) is 3.69. The Bertz CT molecular complexity index is 902. The van der Waals surface area contributed by atoms with Gasteiger partial charge in [-0.05, 0) is 23.8 Å². The minimum Gasteiger partial charge on any atom is -0.497 e. The van der Waals surface area contributed by atoms with Gasteiger partial charge in [-0.25, -0.2) is 13.1 Å². The van der Waals surface area contributed by atoms with Crippen LogP contribution >= 0.6 is 0 Å². The summed E-state index contributed by atoms with van der Waals surface area (Å²) in [4.78, 5) is 0. The predicted octanol–water partition coefficient (Wildman–Crippen LogP) is 2.19. The number of methoxy groups -OCH3 is 1. The molecule has 7 heteroatoms. The zero-order valence-corrected chi connectivity index (χ0v) is 13.4. The van der Waals surface area contributed by atoms with Crippen LogP contribution in [0.3, 0.4) is 0 Å². The lowest BCUT2D eigenvalue weighted by molar-refractivity contribution is 0.414. The molecule has 0 saturated carbocycles. The molecule has 0 spiro atoms. The molecule has 0 aliphatic rings. The van der Waals surface area contributed by atoms with Gasteiger partial charge in [0, 0.05) is 11.9 Å². The SMILES string of the molecule is COc1ccc(CNS(=O)(=O)Cc2[nH]nc3ccccc23)cc1. The van der Waals surface area contributed by atoms with Gasteiger partial charge in [-0.2, -0.15) is 5.10 Å². The fraction of sp³-hybridized carbons (Fsp3) is 0.188. The number of nitrogens with zero attached hydrogens (tertiary/aromatic N) is 1. The molecule has 2 N–H and O–H groups in total. The normalized spacial score (nSPS) is 11.7. The molecule has 0 amide bonds. The molecule has 0 unspecified atom stereocenters. The Morgan fingerprint density at radius 3 is 2.61 bits per heavy atom. The molecule has 23 heavy (non-hydrogen) atoms. The maximum atomic E-state index is 12.3. The highest BCUT2D eigenvalue weighted by Crippen LogP contribution is 2.17. The van der Waals surface area contributed by atoms with Crippen molar-refractivity contribution in [2.45, 2.75) is 12.3 Å². The van der Waals surface area contributed by atoms with E-state index in [2.05, 4.69) is 14.9 Å². The van der Waals surface area contributed by atoms with Gasteiger partial charge in [0.1, 0.15) is 11.5 Å². The molecule has 0 atom stereocenters. The van der Waals surface area contributed by atoms with Crippen LogP contribution in [0.15, 0.2) is 48.5 Å². The van der Waals surface area contributed by atoms with E-state index in [1.54, 1.807) is 19.2 Å². The molecule has 0 aliphatic heterocycles. The summed E-state index contributed by atoms with van der Waals surface area (Å²) in [5.74, 6) is 0.601. The summed E-state index contributed by atoms with van der Waals surface area (Å²) < 4.78 is 32.2. The van der Waals surface area contributed by atoms with Gasteiger partial charge in [-0.1, -0.05) is 30.3 Å². The van der Waals surface area contributed by atoms with Crippen molar-refractivity contribution >= 4 is 20.9 Å². The molecular formula is C16H17N3O3S. The van der Waals surface area contributed by atoms with Crippen LogP contribution in [0, 0.1) is 0 Å². The minimum absolute atomic E-state index is 0.135. The van der Waals surface area contributed by atoms with Crippen LogP contribution in [-0.2, 0) is 22.3 Å². The lowest BCUT2D eigenvalue weighted by Crippen LogP contribution is -2.24. The summed E-state index contributed by atoms with van der Waals surface area (Å²) in [6.07, 6.45) is 0. The molecule has 2 aromatic carbocycles. The number of fused-ring (bicyclic) bond motifs is 1. The third-order valence-corrected chi connectivity index (χ3v) is 4.78. The van der Waals surface area contributed by atoms with E-state index in [0.29, 0.717) is 5.69 Å². The zero-order chi connectivity index (χ0) is 16.3. The maximum absolute atomic E-state index is 12.3. The van der Waals surface area contributed by atoms with Crippen LogP contribution in [0.25, 0.3) is 10.9 Å². The summed E-state index contributed by atoms with van der Waals surface area (Å²) in [5.41, 5.74) is 2.21. The first-order valence-corrected chi connectivity index (χ1v) is 8.75. The van der Waals surface area contributed by atoms with Crippen molar-refractivity contribution in [3.8, 4) is 5.75 Å². The van der Waals surface area contributed by atoms with Crippen LogP contribution < -0.4 is 9.46 Å². The molecular weight excluding hydrogens is 314 g/mol. The number of sulfonamides is 1. The average molecular weight is 331 g/mol. The Labute approximate surface area is 134 Å². The number of benzene rings is 2. The highest BCUT2D eigenvalue weighted by Gasteiger charge is 2.15. The molecule has 0 radical (unpaired) electrons. The molecule has 120 valence electrons. The standard InChI is InChI=1S/C16H17N3O3S/c1-22-13-8-6-12(7-9-13)10-17-23(20,21)11-16-14-4-2-3-5-15(14)18-19-16/h2-9,17H,10-11H2,1H3,(H,18,19). The largest absolute Gasteiger partial charge is 0.497 e. The first kappa shape index (κ1) is 15.5. The van der Waals surface area contributed by atoms with E-state index in [4.69, 9.17) is 4.74 Å². The number of hydrogen-bond acceptors (Lipinski definition) is 4. The number of aromatic nitrogens is 2. The smallest absolute Gasteiger partial charge is 0.217 e. The first-order chi connectivity index (χ1) is 11.1. The van der Waals surface area contributed by atoms with Gasteiger partial charge in [0.2, 0.25) is 10.0 Å².